The van der Waals surface area contributed by atoms with E-state index in [2.05, 4.69) is 10.2 Å². The molecule has 1 N–H and O–H groups in total. The summed E-state index contributed by atoms with van der Waals surface area (Å²) in [6.07, 6.45) is 7.00. The van der Waals surface area contributed by atoms with Crippen LogP contribution in [0.1, 0.15) is 32.1 Å². The first kappa shape index (κ1) is 11.0. The lowest BCUT2D eigenvalue weighted by Gasteiger charge is -2.31. The van der Waals surface area contributed by atoms with Crippen LogP contribution in [0.3, 0.4) is 0 Å². The van der Waals surface area contributed by atoms with Crippen LogP contribution in [0, 0.1) is 5.92 Å². The van der Waals surface area contributed by atoms with E-state index < -0.39 is 0 Å². The zero-order chi connectivity index (χ0) is 11.0. The van der Waals surface area contributed by atoms with Gasteiger partial charge in [-0.3, -0.25) is 4.90 Å². The third-order valence-electron chi connectivity index (χ3n) is 4.78. The molecule has 4 atom stereocenters. The number of nitrogens with one attached hydrogen (secondary N) is 1. The molecular formula is C13H24N2O. The maximum Gasteiger partial charge on any atom is 0.0618 e. The molecule has 2 saturated heterocycles. The van der Waals surface area contributed by atoms with Gasteiger partial charge in [-0.2, -0.15) is 0 Å². The zero-order valence-electron chi connectivity index (χ0n) is 10.3. The fourth-order valence-corrected chi connectivity index (χ4v) is 3.94. The number of fused-ring (bicyclic) bond motifs is 2. The molecule has 1 aliphatic carbocycles. The fourth-order valence-electron chi connectivity index (χ4n) is 3.94. The first-order valence-electron chi connectivity index (χ1n) is 6.86. The monoisotopic (exact) mass is 224 g/mol. The molecule has 0 aromatic rings. The molecule has 3 heteroatoms. The second-order valence-electron chi connectivity index (χ2n) is 5.79. The van der Waals surface area contributed by atoms with E-state index in [0.29, 0.717) is 6.04 Å². The van der Waals surface area contributed by atoms with Crippen LogP contribution in [-0.4, -0.2) is 49.8 Å². The molecule has 0 spiro atoms. The molecule has 3 rings (SSSR count). The van der Waals surface area contributed by atoms with Gasteiger partial charge >= 0.3 is 0 Å². The van der Waals surface area contributed by atoms with Crippen LogP contribution in [0.4, 0.5) is 0 Å². The largest absolute Gasteiger partial charge is 0.383 e. The third kappa shape index (κ3) is 2.01. The molecule has 0 aromatic heterocycles. The minimum Gasteiger partial charge on any atom is -0.383 e. The predicted octanol–water partition coefficient (Wildman–Crippen LogP) is 1.24. The van der Waals surface area contributed by atoms with Crippen molar-refractivity contribution in [3.05, 3.63) is 0 Å². The molecule has 2 bridgehead atoms. The number of hydrogen-bond acceptors (Lipinski definition) is 3. The quantitative estimate of drug-likeness (QED) is 0.777. The average molecular weight is 224 g/mol. The van der Waals surface area contributed by atoms with Gasteiger partial charge < -0.3 is 10.1 Å². The Morgan fingerprint density at radius 1 is 1.31 bits per heavy atom. The van der Waals surface area contributed by atoms with Gasteiger partial charge in [-0.1, -0.05) is 0 Å². The highest BCUT2D eigenvalue weighted by Gasteiger charge is 2.40. The number of methoxy groups -OCH3 is 1. The summed E-state index contributed by atoms with van der Waals surface area (Å²) < 4.78 is 5.32. The summed E-state index contributed by atoms with van der Waals surface area (Å²) in [6, 6.07) is 2.31. The van der Waals surface area contributed by atoms with Gasteiger partial charge in [0.1, 0.15) is 0 Å². The van der Waals surface area contributed by atoms with Crippen LogP contribution < -0.4 is 5.32 Å². The maximum atomic E-state index is 5.32. The highest BCUT2D eigenvalue weighted by Crippen LogP contribution is 2.36. The summed E-state index contributed by atoms with van der Waals surface area (Å²) in [5.41, 5.74) is 0. The SMILES string of the molecule is COC[C@@H]1CCCN1C[C@@H]1N[C@H]2CC[C@@H]1C2. The van der Waals surface area contributed by atoms with Gasteiger partial charge in [0, 0.05) is 31.8 Å². The normalized spacial score (nSPS) is 43.3. The number of likely N-dealkylation sites (tertiary alicyclic amines) is 1. The van der Waals surface area contributed by atoms with E-state index in [4.69, 9.17) is 4.74 Å². The molecule has 2 aliphatic heterocycles. The molecule has 2 heterocycles. The average Bonchev–Trinajstić information content (AvgIpc) is 2.96. The Hall–Kier alpha value is -0.120. The van der Waals surface area contributed by atoms with E-state index in [-0.39, 0.29) is 0 Å². The molecule has 3 fully saturated rings. The standard InChI is InChI=1S/C13H24N2O/c1-16-9-12-3-2-6-15(12)8-13-10-4-5-11(7-10)14-13/h10-14H,2-9H2,1H3/t10-,11+,12+,13+/m1/s1. The topological polar surface area (TPSA) is 24.5 Å². The Bertz CT molecular complexity index is 246. The first-order valence-corrected chi connectivity index (χ1v) is 6.86. The van der Waals surface area contributed by atoms with E-state index in [1.807, 2.05) is 7.11 Å². The first-order chi connectivity index (χ1) is 7.86. The van der Waals surface area contributed by atoms with Crippen molar-refractivity contribution in [2.75, 3.05) is 26.8 Å². The van der Waals surface area contributed by atoms with Gasteiger partial charge in [0.15, 0.2) is 0 Å². The molecule has 3 aliphatic rings. The lowest BCUT2D eigenvalue weighted by molar-refractivity contribution is 0.105. The lowest BCUT2D eigenvalue weighted by atomic mass is 9.99. The van der Waals surface area contributed by atoms with Crippen molar-refractivity contribution in [2.45, 2.75) is 50.2 Å². The number of nitrogens with zero attached hydrogens (tertiary/aromatic N) is 1. The van der Waals surface area contributed by atoms with E-state index in [1.54, 1.807) is 0 Å². The number of ether oxygens (including phenoxy) is 1. The van der Waals surface area contributed by atoms with Crippen LogP contribution in [-0.2, 0) is 4.74 Å². The minimum absolute atomic E-state index is 0.686. The summed E-state index contributed by atoms with van der Waals surface area (Å²) in [6.45, 7) is 3.46. The summed E-state index contributed by atoms with van der Waals surface area (Å²) in [7, 11) is 1.83. The lowest BCUT2D eigenvalue weighted by Crippen LogP contribution is -2.46. The summed E-state index contributed by atoms with van der Waals surface area (Å²) >= 11 is 0. The van der Waals surface area contributed by atoms with E-state index in [1.165, 1.54) is 45.2 Å². The second-order valence-corrected chi connectivity index (χ2v) is 5.79. The molecule has 0 radical (unpaired) electrons. The maximum absolute atomic E-state index is 5.32. The van der Waals surface area contributed by atoms with Crippen molar-refractivity contribution in [3.63, 3.8) is 0 Å². The van der Waals surface area contributed by atoms with E-state index in [9.17, 15) is 0 Å². The molecule has 0 aromatic carbocycles. The van der Waals surface area contributed by atoms with Crippen LogP contribution in [0.25, 0.3) is 0 Å². The van der Waals surface area contributed by atoms with Crippen molar-refractivity contribution in [3.8, 4) is 0 Å². The van der Waals surface area contributed by atoms with E-state index >= 15 is 0 Å². The Balaban J connectivity index is 1.54. The second kappa shape index (κ2) is 4.63. The van der Waals surface area contributed by atoms with Gasteiger partial charge in [0.05, 0.1) is 6.61 Å². The molecule has 3 nitrogen and oxygen atoms in total. The van der Waals surface area contributed by atoms with Gasteiger partial charge in [0.25, 0.3) is 0 Å². The van der Waals surface area contributed by atoms with Crippen molar-refractivity contribution in [1.82, 2.24) is 10.2 Å². The Morgan fingerprint density at radius 2 is 2.25 bits per heavy atom. The number of piperidine rings is 1. The van der Waals surface area contributed by atoms with Crippen LogP contribution in [0.2, 0.25) is 0 Å². The fraction of sp³-hybridized carbons (Fsp3) is 1.00. The van der Waals surface area contributed by atoms with Crippen molar-refractivity contribution < 1.29 is 4.74 Å². The van der Waals surface area contributed by atoms with Crippen molar-refractivity contribution in [1.29, 1.82) is 0 Å². The van der Waals surface area contributed by atoms with Gasteiger partial charge in [0.2, 0.25) is 0 Å². The highest BCUT2D eigenvalue weighted by molar-refractivity contribution is 4.99. The smallest absolute Gasteiger partial charge is 0.0618 e. The summed E-state index contributed by atoms with van der Waals surface area (Å²) in [5.74, 6) is 0.966. The van der Waals surface area contributed by atoms with Gasteiger partial charge in [-0.15, -0.1) is 0 Å². The summed E-state index contributed by atoms with van der Waals surface area (Å²) in [5, 5.41) is 3.80. The molecule has 92 valence electrons. The molecule has 0 unspecified atom stereocenters. The Labute approximate surface area is 98.5 Å². The Morgan fingerprint density at radius 3 is 2.94 bits per heavy atom. The van der Waals surface area contributed by atoms with Crippen LogP contribution in [0.15, 0.2) is 0 Å². The highest BCUT2D eigenvalue weighted by atomic mass is 16.5. The van der Waals surface area contributed by atoms with Crippen molar-refractivity contribution >= 4 is 0 Å². The minimum atomic E-state index is 0.686. The number of hydrogen-bond donors (Lipinski definition) is 1. The number of rotatable bonds is 4. The van der Waals surface area contributed by atoms with Crippen molar-refractivity contribution in [2.24, 2.45) is 5.92 Å². The predicted molar refractivity (Wildman–Crippen MR) is 64.5 cm³/mol. The molecule has 0 amide bonds. The molecule has 1 saturated carbocycles. The molecular weight excluding hydrogens is 200 g/mol. The third-order valence-corrected chi connectivity index (χ3v) is 4.78. The van der Waals surface area contributed by atoms with Crippen LogP contribution >= 0.6 is 0 Å². The van der Waals surface area contributed by atoms with E-state index in [0.717, 1.165) is 24.6 Å². The molecule has 16 heavy (non-hydrogen) atoms. The van der Waals surface area contributed by atoms with Crippen LogP contribution in [0.5, 0.6) is 0 Å². The Kier molecular flexibility index (Phi) is 3.18. The van der Waals surface area contributed by atoms with Gasteiger partial charge in [-0.05, 0) is 44.6 Å². The summed E-state index contributed by atoms with van der Waals surface area (Å²) in [4.78, 5) is 2.65. The zero-order valence-corrected chi connectivity index (χ0v) is 10.3. The van der Waals surface area contributed by atoms with Gasteiger partial charge in [-0.25, -0.2) is 0 Å².